The Morgan fingerprint density at radius 3 is 2.59 bits per heavy atom. The van der Waals surface area contributed by atoms with E-state index in [1.807, 2.05) is 6.92 Å². The Balaban J connectivity index is 2.07. The Kier molecular flexibility index (Phi) is 5.31. The number of piperidine rings is 1. The van der Waals surface area contributed by atoms with Crippen LogP contribution in [-0.2, 0) is 10.0 Å². The molecule has 122 valence electrons. The number of halogens is 1. The maximum Gasteiger partial charge on any atom is 0.243 e. The van der Waals surface area contributed by atoms with Crippen LogP contribution < -0.4 is 11.1 Å². The molecule has 0 radical (unpaired) electrons. The van der Waals surface area contributed by atoms with E-state index in [9.17, 15) is 8.42 Å². The largest absolute Gasteiger partial charge is 0.370 e. The van der Waals surface area contributed by atoms with Crippen LogP contribution in [-0.4, -0.2) is 44.9 Å². The van der Waals surface area contributed by atoms with Gasteiger partial charge in [-0.1, -0.05) is 17.7 Å². The first-order chi connectivity index (χ1) is 10.3. The molecule has 1 aliphatic rings. The van der Waals surface area contributed by atoms with E-state index in [2.05, 4.69) is 10.3 Å². The quantitative estimate of drug-likeness (QED) is 0.639. The summed E-state index contributed by atoms with van der Waals surface area (Å²) in [5.41, 5.74) is 6.50. The van der Waals surface area contributed by atoms with Gasteiger partial charge in [-0.05, 0) is 37.5 Å². The van der Waals surface area contributed by atoms with Crippen LogP contribution in [0.4, 0.5) is 0 Å². The summed E-state index contributed by atoms with van der Waals surface area (Å²) in [6.45, 7) is 2.74. The van der Waals surface area contributed by atoms with Crippen LogP contribution in [0.1, 0.15) is 18.4 Å². The Hall–Kier alpha value is -1.31. The number of guanidine groups is 1. The van der Waals surface area contributed by atoms with Gasteiger partial charge in [0.1, 0.15) is 0 Å². The van der Waals surface area contributed by atoms with Gasteiger partial charge in [0.2, 0.25) is 10.0 Å². The molecule has 8 heteroatoms. The molecule has 0 spiro atoms. The number of benzene rings is 1. The van der Waals surface area contributed by atoms with Gasteiger partial charge in [-0.25, -0.2) is 8.42 Å². The molecular formula is C14H21ClN4O2S. The summed E-state index contributed by atoms with van der Waals surface area (Å²) in [5, 5.41) is 3.54. The topological polar surface area (TPSA) is 87.8 Å². The molecule has 0 amide bonds. The molecule has 1 aromatic carbocycles. The fourth-order valence-corrected chi connectivity index (χ4v) is 4.14. The number of hydrogen-bond acceptors (Lipinski definition) is 3. The zero-order valence-corrected chi connectivity index (χ0v) is 14.3. The first kappa shape index (κ1) is 17.1. The first-order valence-corrected chi connectivity index (χ1v) is 8.91. The van der Waals surface area contributed by atoms with Crippen LogP contribution in [0.5, 0.6) is 0 Å². The van der Waals surface area contributed by atoms with E-state index in [0.717, 1.165) is 5.56 Å². The van der Waals surface area contributed by atoms with Gasteiger partial charge in [0.25, 0.3) is 0 Å². The summed E-state index contributed by atoms with van der Waals surface area (Å²) in [4.78, 5) is 4.09. The van der Waals surface area contributed by atoms with Crippen LogP contribution in [0.3, 0.4) is 0 Å². The molecule has 0 unspecified atom stereocenters. The molecule has 1 aliphatic heterocycles. The van der Waals surface area contributed by atoms with Crippen molar-refractivity contribution in [2.24, 2.45) is 10.7 Å². The molecule has 2 rings (SSSR count). The van der Waals surface area contributed by atoms with Gasteiger partial charge in [-0.15, -0.1) is 0 Å². The van der Waals surface area contributed by atoms with E-state index in [1.165, 1.54) is 10.4 Å². The molecule has 0 aromatic heterocycles. The fourth-order valence-electron chi connectivity index (χ4n) is 2.40. The van der Waals surface area contributed by atoms with Gasteiger partial charge in [0.05, 0.1) is 4.90 Å². The van der Waals surface area contributed by atoms with E-state index < -0.39 is 10.0 Å². The molecule has 1 aromatic rings. The number of nitrogens with zero attached hydrogens (tertiary/aromatic N) is 2. The van der Waals surface area contributed by atoms with E-state index in [-0.39, 0.29) is 10.9 Å². The maximum absolute atomic E-state index is 12.6. The van der Waals surface area contributed by atoms with Gasteiger partial charge in [-0.3, -0.25) is 4.99 Å². The van der Waals surface area contributed by atoms with E-state index in [4.69, 9.17) is 17.3 Å². The second-order valence-corrected chi connectivity index (χ2v) is 7.69. The normalized spacial score (nSPS) is 18.4. The number of nitrogens with two attached hydrogens (primary N) is 1. The Bertz CT molecular complexity index is 667. The Morgan fingerprint density at radius 2 is 2.05 bits per heavy atom. The van der Waals surface area contributed by atoms with Crippen molar-refractivity contribution in [3.8, 4) is 0 Å². The lowest BCUT2D eigenvalue weighted by atomic mass is 10.1. The molecule has 22 heavy (non-hydrogen) atoms. The average Bonchev–Trinajstić information content (AvgIpc) is 2.50. The number of hydrogen-bond donors (Lipinski definition) is 2. The first-order valence-electron chi connectivity index (χ1n) is 7.09. The van der Waals surface area contributed by atoms with Crippen LogP contribution in [0.15, 0.2) is 28.1 Å². The monoisotopic (exact) mass is 344 g/mol. The van der Waals surface area contributed by atoms with Gasteiger partial charge < -0.3 is 11.1 Å². The number of nitrogens with one attached hydrogen (secondary N) is 1. The second-order valence-electron chi connectivity index (χ2n) is 5.34. The lowest BCUT2D eigenvalue weighted by Gasteiger charge is -2.31. The third kappa shape index (κ3) is 3.71. The molecule has 0 bridgehead atoms. The Morgan fingerprint density at radius 1 is 1.41 bits per heavy atom. The fraction of sp³-hybridized carbons (Fsp3) is 0.500. The van der Waals surface area contributed by atoms with Crippen molar-refractivity contribution in [1.82, 2.24) is 9.62 Å². The zero-order valence-electron chi connectivity index (χ0n) is 12.7. The number of aliphatic imine (C=N–C) groups is 1. The second kappa shape index (κ2) is 6.85. The van der Waals surface area contributed by atoms with E-state index in [1.54, 1.807) is 19.2 Å². The van der Waals surface area contributed by atoms with Crippen molar-refractivity contribution in [3.05, 3.63) is 28.8 Å². The molecule has 1 heterocycles. The van der Waals surface area contributed by atoms with Crippen molar-refractivity contribution < 1.29 is 8.42 Å². The average molecular weight is 345 g/mol. The summed E-state index contributed by atoms with van der Waals surface area (Å²) in [6, 6.07) is 4.99. The van der Waals surface area contributed by atoms with Crippen LogP contribution in [0.2, 0.25) is 5.02 Å². The minimum atomic E-state index is -3.50. The molecule has 0 aliphatic carbocycles. The van der Waals surface area contributed by atoms with Gasteiger partial charge in [0, 0.05) is 31.2 Å². The lowest BCUT2D eigenvalue weighted by Crippen LogP contribution is -2.48. The highest BCUT2D eigenvalue weighted by molar-refractivity contribution is 7.89. The minimum absolute atomic E-state index is 0.150. The molecule has 1 fully saturated rings. The van der Waals surface area contributed by atoms with Crippen LogP contribution in [0, 0.1) is 6.92 Å². The molecule has 0 atom stereocenters. The van der Waals surface area contributed by atoms with Gasteiger partial charge >= 0.3 is 0 Å². The summed E-state index contributed by atoms with van der Waals surface area (Å²) in [5.74, 6) is 0.381. The van der Waals surface area contributed by atoms with Crippen molar-refractivity contribution >= 4 is 27.6 Å². The van der Waals surface area contributed by atoms with Crippen LogP contribution >= 0.6 is 11.6 Å². The Labute approximate surface area is 136 Å². The molecule has 3 N–H and O–H groups in total. The van der Waals surface area contributed by atoms with Crippen LogP contribution in [0.25, 0.3) is 0 Å². The maximum atomic E-state index is 12.6. The summed E-state index contributed by atoms with van der Waals surface area (Å²) < 4.78 is 26.8. The predicted molar refractivity (Wildman–Crippen MR) is 88.7 cm³/mol. The predicted octanol–water partition coefficient (Wildman–Crippen LogP) is 1.34. The van der Waals surface area contributed by atoms with Gasteiger partial charge in [-0.2, -0.15) is 4.31 Å². The third-order valence-electron chi connectivity index (χ3n) is 3.83. The molecular weight excluding hydrogens is 324 g/mol. The van der Waals surface area contributed by atoms with Crippen molar-refractivity contribution in [3.63, 3.8) is 0 Å². The lowest BCUT2D eigenvalue weighted by molar-refractivity contribution is 0.307. The number of rotatable bonds is 3. The molecule has 0 saturated carbocycles. The highest BCUT2D eigenvalue weighted by atomic mass is 35.5. The number of aryl methyl sites for hydroxylation is 1. The number of sulfonamides is 1. The van der Waals surface area contributed by atoms with Gasteiger partial charge in [0.15, 0.2) is 5.96 Å². The van der Waals surface area contributed by atoms with E-state index in [0.29, 0.717) is 36.9 Å². The smallest absolute Gasteiger partial charge is 0.243 e. The molecule has 1 saturated heterocycles. The summed E-state index contributed by atoms with van der Waals surface area (Å²) in [6.07, 6.45) is 1.38. The summed E-state index contributed by atoms with van der Waals surface area (Å²) >= 11 is 6.04. The van der Waals surface area contributed by atoms with Crippen molar-refractivity contribution in [1.29, 1.82) is 0 Å². The zero-order chi connectivity index (χ0) is 16.3. The van der Waals surface area contributed by atoms with Crippen molar-refractivity contribution in [2.75, 3.05) is 20.1 Å². The highest BCUT2D eigenvalue weighted by Crippen LogP contribution is 2.25. The van der Waals surface area contributed by atoms with E-state index >= 15 is 0 Å². The third-order valence-corrected chi connectivity index (χ3v) is 6.13. The SMILES string of the molecule is CN=C(N)NC1CCN(S(=O)(=O)c2ccc(C)c(Cl)c2)CC1. The summed E-state index contributed by atoms with van der Waals surface area (Å²) in [7, 11) is -1.88. The highest BCUT2D eigenvalue weighted by Gasteiger charge is 2.29. The standard InChI is InChI=1S/C14H21ClN4O2S/c1-10-3-4-12(9-13(10)15)22(20,21)19-7-5-11(6-8-19)18-14(16)17-2/h3-4,9,11H,5-8H2,1-2H3,(H3,16,17,18). The molecule has 6 nitrogen and oxygen atoms in total. The minimum Gasteiger partial charge on any atom is -0.370 e. The van der Waals surface area contributed by atoms with Crippen molar-refractivity contribution in [2.45, 2.75) is 30.7 Å².